The van der Waals surface area contributed by atoms with Gasteiger partial charge in [0.2, 0.25) is 0 Å². The Hall–Kier alpha value is -3.00. The molecule has 0 aromatic carbocycles. The molecule has 3 aromatic heterocycles. The van der Waals surface area contributed by atoms with Crippen LogP contribution in [0.25, 0.3) is 21.7 Å². The molecule has 6 rings (SSSR count). The van der Waals surface area contributed by atoms with Crippen LogP contribution in [0.2, 0.25) is 0 Å². The highest BCUT2D eigenvalue weighted by atomic mass is 32.1. The number of fused-ring (bicyclic) bond motifs is 2. The van der Waals surface area contributed by atoms with Crippen LogP contribution in [0.1, 0.15) is 80.3 Å². The maximum atomic E-state index is 13.3. The van der Waals surface area contributed by atoms with Gasteiger partial charge in [-0.3, -0.25) is 9.59 Å². The van der Waals surface area contributed by atoms with Gasteiger partial charge in [-0.2, -0.15) is 0 Å². The van der Waals surface area contributed by atoms with E-state index in [2.05, 4.69) is 54.4 Å². The Balaban J connectivity index is 1.21. The van der Waals surface area contributed by atoms with Crippen LogP contribution in [-0.4, -0.2) is 38.3 Å². The molecule has 0 spiro atoms. The predicted molar refractivity (Wildman–Crippen MR) is 146 cm³/mol. The fraction of sp³-hybridized carbons (Fsp3) is 0.517. The molecule has 2 bridgehead atoms. The first kappa shape index (κ1) is 24.3. The van der Waals surface area contributed by atoms with E-state index >= 15 is 0 Å². The van der Waals surface area contributed by atoms with Crippen LogP contribution in [0, 0.1) is 23.2 Å². The van der Waals surface area contributed by atoms with Gasteiger partial charge in [0.25, 0.3) is 11.8 Å². The Bertz CT molecular complexity index is 1430. The minimum Gasteiger partial charge on any atom is -0.349 e. The van der Waals surface area contributed by atoms with Gasteiger partial charge in [-0.1, -0.05) is 32.4 Å². The minimum atomic E-state index is -0.294. The van der Waals surface area contributed by atoms with Gasteiger partial charge in [0.05, 0.1) is 32.7 Å². The number of carbonyl (C=O) groups excluding carboxylic acids is 2. The number of allylic oxidation sites excluding steroid dienone is 1. The normalized spacial score (nSPS) is 27.3. The zero-order valence-corrected chi connectivity index (χ0v) is 23.0. The first-order valence-corrected chi connectivity index (χ1v) is 14.1. The molecule has 37 heavy (non-hydrogen) atoms. The number of aromatic nitrogens is 3. The molecule has 2 saturated carbocycles. The first-order valence-electron chi connectivity index (χ1n) is 13.3. The molecule has 0 saturated heterocycles. The number of thiophene rings is 1. The van der Waals surface area contributed by atoms with Crippen molar-refractivity contribution in [3.8, 4) is 10.6 Å². The van der Waals surface area contributed by atoms with Crippen LogP contribution < -0.4 is 10.6 Å². The summed E-state index contributed by atoms with van der Waals surface area (Å²) in [4.78, 5) is 40.1. The van der Waals surface area contributed by atoms with Gasteiger partial charge in [0, 0.05) is 12.2 Å². The lowest BCUT2D eigenvalue weighted by Gasteiger charge is -2.39. The van der Waals surface area contributed by atoms with Crippen LogP contribution in [0.15, 0.2) is 36.2 Å². The fourth-order valence-electron chi connectivity index (χ4n) is 6.29. The monoisotopic (exact) mass is 517 g/mol. The fourth-order valence-corrected chi connectivity index (χ4v) is 7.15. The SMILES string of the molecule is CC(NC(=O)c1c[nH]c2ncc(-c3ccc(C(=O)NC4(C)C=C5CC6CC(CC56)C4)s3)nc12)C(C)(C)C. The summed E-state index contributed by atoms with van der Waals surface area (Å²) in [5.41, 5.74) is 3.41. The van der Waals surface area contributed by atoms with E-state index in [0.717, 1.165) is 23.1 Å². The van der Waals surface area contributed by atoms with Gasteiger partial charge < -0.3 is 15.6 Å². The molecule has 3 N–H and O–H groups in total. The Morgan fingerprint density at radius 2 is 2.03 bits per heavy atom. The van der Waals surface area contributed by atoms with Crippen molar-refractivity contribution >= 4 is 34.3 Å². The highest BCUT2D eigenvalue weighted by molar-refractivity contribution is 7.17. The van der Waals surface area contributed by atoms with Gasteiger partial charge >= 0.3 is 0 Å². The summed E-state index contributed by atoms with van der Waals surface area (Å²) in [5.74, 6) is 2.14. The molecule has 3 heterocycles. The standard InChI is InChI=1S/C29H35N5O2S/c1-15(28(2,3)4)32-26(35)20-13-30-25-24(20)33-21(14-31-25)22-6-7-23(37-22)27(36)34-29(5)11-16-8-17-10-18(12-29)19(17)9-16/h6-7,12-17,19H,8-11H2,1-5H3,(H,30,31)(H,32,35)(H,34,36). The lowest BCUT2D eigenvalue weighted by molar-refractivity contribution is 0.0905. The maximum absolute atomic E-state index is 13.3. The highest BCUT2D eigenvalue weighted by Gasteiger charge is 2.49. The Morgan fingerprint density at radius 3 is 2.81 bits per heavy atom. The van der Waals surface area contributed by atoms with Gasteiger partial charge in [0.1, 0.15) is 5.52 Å². The van der Waals surface area contributed by atoms with E-state index in [0.29, 0.717) is 33.2 Å². The van der Waals surface area contributed by atoms with Crippen molar-refractivity contribution in [2.75, 3.05) is 0 Å². The Morgan fingerprint density at radius 1 is 1.22 bits per heavy atom. The molecule has 2 amide bonds. The number of carbonyl (C=O) groups is 2. The van der Waals surface area contributed by atoms with Crippen LogP contribution >= 0.6 is 11.3 Å². The third kappa shape index (κ3) is 4.39. The van der Waals surface area contributed by atoms with E-state index in [-0.39, 0.29) is 28.8 Å². The van der Waals surface area contributed by atoms with Crippen LogP contribution in [-0.2, 0) is 0 Å². The third-order valence-electron chi connectivity index (χ3n) is 8.74. The number of hydrogen-bond donors (Lipinski definition) is 3. The van der Waals surface area contributed by atoms with Crippen LogP contribution in [0.5, 0.6) is 0 Å². The molecule has 5 atom stereocenters. The summed E-state index contributed by atoms with van der Waals surface area (Å²) in [7, 11) is 0. The molecule has 5 unspecified atom stereocenters. The van der Waals surface area contributed by atoms with E-state index in [1.807, 2.05) is 19.1 Å². The van der Waals surface area contributed by atoms with Gasteiger partial charge in [0.15, 0.2) is 5.65 Å². The first-order chi connectivity index (χ1) is 17.5. The molecule has 2 fully saturated rings. The van der Waals surface area contributed by atoms with Crippen molar-refractivity contribution in [2.45, 2.75) is 71.9 Å². The number of amides is 2. The van der Waals surface area contributed by atoms with Crippen molar-refractivity contribution in [3.05, 3.63) is 46.6 Å². The predicted octanol–water partition coefficient (Wildman–Crippen LogP) is 5.72. The van der Waals surface area contributed by atoms with Gasteiger partial charge in [-0.25, -0.2) is 9.97 Å². The van der Waals surface area contributed by atoms with E-state index < -0.39 is 0 Å². The second kappa shape index (κ2) is 8.51. The summed E-state index contributed by atoms with van der Waals surface area (Å²) in [5, 5.41) is 6.41. The summed E-state index contributed by atoms with van der Waals surface area (Å²) in [6.45, 7) is 10.4. The van der Waals surface area contributed by atoms with E-state index in [1.54, 1.807) is 18.0 Å². The number of rotatable bonds is 5. The molecule has 3 aromatic rings. The smallest absolute Gasteiger partial charge is 0.262 e. The van der Waals surface area contributed by atoms with Crippen molar-refractivity contribution < 1.29 is 9.59 Å². The van der Waals surface area contributed by atoms with Crippen LogP contribution in [0.4, 0.5) is 0 Å². The second-order valence-corrected chi connectivity index (χ2v) is 13.7. The summed E-state index contributed by atoms with van der Waals surface area (Å²) in [6, 6.07) is 3.76. The quantitative estimate of drug-likeness (QED) is 0.377. The van der Waals surface area contributed by atoms with Crippen molar-refractivity contribution in [2.24, 2.45) is 23.2 Å². The summed E-state index contributed by atoms with van der Waals surface area (Å²) >= 11 is 1.41. The lowest BCUT2D eigenvalue weighted by atomic mass is 9.69. The number of nitrogens with one attached hydrogen (secondary N) is 3. The average molecular weight is 518 g/mol. The van der Waals surface area contributed by atoms with Gasteiger partial charge in [-0.15, -0.1) is 11.3 Å². The molecular weight excluding hydrogens is 482 g/mol. The van der Waals surface area contributed by atoms with Gasteiger partial charge in [-0.05, 0) is 74.8 Å². The van der Waals surface area contributed by atoms with Crippen LogP contribution in [0.3, 0.4) is 0 Å². The minimum absolute atomic E-state index is 0.00804. The largest absolute Gasteiger partial charge is 0.349 e. The second-order valence-electron chi connectivity index (χ2n) is 12.6. The number of nitrogens with zero attached hydrogens (tertiary/aromatic N) is 2. The summed E-state index contributed by atoms with van der Waals surface area (Å²) in [6.07, 6.45) is 10.5. The van der Waals surface area contributed by atoms with E-state index in [9.17, 15) is 9.59 Å². The highest BCUT2D eigenvalue weighted by Crippen LogP contribution is 2.57. The molecule has 0 radical (unpaired) electrons. The molecule has 3 aliphatic rings. The van der Waals surface area contributed by atoms with E-state index in [4.69, 9.17) is 4.98 Å². The average Bonchev–Trinajstić information content (AvgIpc) is 3.51. The number of hydrogen-bond acceptors (Lipinski definition) is 5. The zero-order valence-electron chi connectivity index (χ0n) is 22.1. The molecule has 0 aliphatic heterocycles. The molecule has 194 valence electrons. The van der Waals surface area contributed by atoms with Crippen molar-refractivity contribution in [1.29, 1.82) is 0 Å². The number of H-pyrrole nitrogens is 1. The van der Waals surface area contributed by atoms with Crippen molar-refractivity contribution in [1.82, 2.24) is 25.6 Å². The van der Waals surface area contributed by atoms with E-state index in [1.165, 1.54) is 30.6 Å². The topological polar surface area (TPSA) is 99.8 Å². The zero-order chi connectivity index (χ0) is 26.1. The third-order valence-corrected chi connectivity index (χ3v) is 9.84. The Labute approximate surface area is 221 Å². The molecule has 8 heteroatoms. The Kier molecular flexibility index (Phi) is 5.60. The summed E-state index contributed by atoms with van der Waals surface area (Å²) < 4.78 is 0. The molecule has 7 nitrogen and oxygen atoms in total. The lowest BCUT2D eigenvalue weighted by Crippen LogP contribution is -2.46. The molecule has 3 aliphatic carbocycles. The maximum Gasteiger partial charge on any atom is 0.262 e. The van der Waals surface area contributed by atoms with Crippen molar-refractivity contribution in [3.63, 3.8) is 0 Å². The molecular formula is C29H35N5O2S. The number of aromatic amines is 1.